The maximum absolute atomic E-state index is 10.6. The van der Waals surface area contributed by atoms with E-state index >= 15 is 0 Å². The van der Waals surface area contributed by atoms with E-state index in [-0.39, 0.29) is 5.91 Å². The predicted octanol–water partition coefficient (Wildman–Crippen LogP) is 0.576. The Morgan fingerprint density at radius 2 is 1.93 bits per heavy atom. The highest BCUT2D eigenvalue weighted by Gasteiger charge is 2.02. The molecule has 15 heavy (non-hydrogen) atoms. The summed E-state index contributed by atoms with van der Waals surface area (Å²) in [4.78, 5) is 12.6. The van der Waals surface area contributed by atoms with Gasteiger partial charge in [-0.3, -0.25) is 4.79 Å². The Labute approximate surface area is 89.9 Å². The molecule has 1 aromatic rings. The van der Waals surface area contributed by atoms with Gasteiger partial charge in [-0.25, -0.2) is 0 Å². The van der Waals surface area contributed by atoms with Crippen molar-refractivity contribution in [3.05, 3.63) is 29.8 Å². The summed E-state index contributed by atoms with van der Waals surface area (Å²) < 4.78 is 0. The zero-order valence-corrected chi connectivity index (χ0v) is 8.94. The van der Waals surface area contributed by atoms with Gasteiger partial charge < -0.3 is 16.4 Å². The van der Waals surface area contributed by atoms with Crippen molar-refractivity contribution in [2.75, 3.05) is 19.3 Å². The van der Waals surface area contributed by atoms with Crippen molar-refractivity contribution in [1.29, 1.82) is 0 Å². The van der Waals surface area contributed by atoms with Crippen molar-refractivity contribution in [1.82, 2.24) is 4.90 Å². The van der Waals surface area contributed by atoms with Crippen LogP contribution in [0.3, 0.4) is 0 Å². The number of hydrogen-bond donors (Lipinski definition) is 2. The summed E-state index contributed by atoms with van der Waals surface area (Å²) in [6, 6.07) is 7.71. The molecular formula is C11H17N3O. The summed E-state index contributed by atoms with van der Waals surface area (Å²) in [6.07, 6.45) is 0.394. The van der Waals surface area contributed by atoms with Gasteiger partial charge in [-0.1, -0.05) is 12.1 Å². The Morgan fingerprint density at radius 3 is 2.47 bits per heavy atom. The highest BCUT2D eigenvalue weighted by atomic mass is 16.1. The lowest BCUT2D eigenvalue weighted by Crippen LogP contribution is -2.24. The normalized spacial score (nSPS) is 10.5. The van der Waals surface area contributed by atoms with Crippen LogP contribution in [0.15, 0.2) is 24.3 Å². The Bertz CT molecular complexity index is 321. The topological polar surface area (TPSA) is 72.3 Å². The minimum atomic E-state index is -0.265. The molecule has 1 amide bonds. The fourth-order valence-electron chi connectivity index (χ4n) is 1.31. The number of benzene rings is 1. The number of anilines is 1. The zero-order valence-electron chi connectivity index (χ0n) is 8.94. The fourth-order valence-corrected chi connectivity index (χ4v) is 1.31. The fraction of sp³-hybridized carbons (Fsp3) is 0.364. The first-order valence-electron chi connectivity index (χ1n) is 4.89. The minimum absolute atomic E-state index is 0.265. The highest BCUT2D eigenvalue weighted by Crippen LogP contribution is 2.07. The van der Waals surface area contributed by atoms with Crippen molar-refractivity contribution in [3.63, 3.8) is 0 Å². The Morgan fingerprint density at radius 1 is 1.33 bits per heavy atom. The first-order chi connectivity index (χ1) is 7.08. The van der Waals surface area contributed by atoms with Crippen molar-refractivity contribution < 1.29 is 4.79 Å². The third-order valence-corrected chi connectivity index (χ3v) is 2.17. The molecule has 1 aromatic carbocycles. The molecule has 0 radical (unpaired) electrons. The lowest BCUT2D eigenvalue weighted by Gasteiger charge is -2.15. The largest absolute Gasteiger partial charge is 0.399 e. The highest BCUT2D eigenvalue weighted by molar-refractivity contribution is 5.73. The molecule has 0 fully saturated rings. The first-order valence-corrected chi connectivity index (χ1v) is 4.89. The molecule has 0 heterocycles. The lowest BCUT2D eigenvalue weighted by atomic mass is 10.2. The van der Waals surface area contributed by atoms with Gasteiger partial charge in [0.1, 0.15) is 0 Å². The van der Waals surface area contributed by atoms with Crippen molar-refractivity contribution >= 4 is 11.6 Å². The Hall–Kier alpha value is -1.55. The molecule has 0 saturated heterocycles. The molecule has 4 N–H and O–H groups in total. The van der Waals surface area contributed by atoms with Gasteiger partial charge in [0.05, 0.1) is 0 Å². The Kier molecular flexibility index (Phi) is 4.12. The van der Waals surface area contributed by atoms with Gasteiger partial charge in [0, 0.05) is 25.2 Å². The van der Waals surface area contributed by atoms with Crippen LogP contribution in [0.25, 0.3) is 0 Å². The molecule has 0 aliphatic heterocycles. The van der Waals surface area contributed by atoms with Crippen molar-refractivity contribution in [2.45, 2.75) is 13.0 Å². The summed E-state index contributed by atoms with van der Waals surface area (Å²) in [6.45, 7) is 1.48. The molecular weight excluding hydrogens is 190 g/mol. The number of carbonyl (C=O) groups is 1. The van der Waals surface area contributed by atoms with E-state index < -0.39 is 0 Å². The van der Waals surface area contributed by atoms with Gasteiger partial charge >= 0.3 is 0 Å². The van der Waals surface area contributed by atoms with Gasteiger partial charge in [0.15, 0.2) is 0 Å². The van der Waals surface area contributed by atoms with Crippen LogP contribution in [-0.4, -0.2) is 24.4 Å². The third kappa shape index (κ3) is 4.46. The summed E-state index contributed by atoms with van der Waals surface area (Å²) in [7, 11) is 1.96. The number of nitrogens with two attached hydrogens (primary N) is 2. The second-order valence-corrected chi connectivity index (χ2v) is 3.70. The molecule has 0 aliphatic rings. The number of hydrogen-bond acceptors (Lipinski definition) is 3. The van der Waals surface area contributed by atoms with Gasteiger partial charge in [-0.2, -0.15) is 0 Å². The van der Waals surface area contributed by atoms with Gasteiger partial charge in [0.2, 0.25) is 5.91 Å². The number of carbonyl (C=O) groups excluding carboxylic acids is 1. The van der Waals surface area contributed by atoms with Crippen molar-refractivity contribution in [2.24, 2.45) is 5.73 Å². The monoisotopic (exact) mass is 207 g/mol. The molecule has 0 spiro atoms. The molecule has 0 aromatic heterocycles. The maximum Gasteiger partial charge on any atom is 0.218 e. The van der Waals surface area contributed by atoms with Crippen LogP contribution < -0.4 is 11.5 Å². The molecule has 4 nitrogen and oxygen atoms in total. The van der Waals surface area contributed by atoms with E-state index in [1.807, 2.05) is 31.3 Å². The van der Waals surface area contributed by atoms with E-state index in [1.54, 1.807) is 0 Å². The van der Waals surface area contributed by atoms with Crippen LogP contribution in [-0.2, 0) is 11.3 Å². The number of rotatable bonds is 5. The van der Waals surface area contributed by atoms with Gasteiger partial charge in [-0.15, -0.1) is 0 Å². The molecule has 0 atom stereocenters. The van der Waals surface area contributed by atoms with E-state index in [4.69, 9.17) is 11.5 Å². The van der Waals surface area contributed by atoms with Crippen molar-refractivity contribution in [3.8, 4) is 0 Å². The smallest absolute Gasteiger partial charge is 0.218 e. The summed E-state index contributed by atoms with van der Waals surface area (Å²) in [5.74, 6) is -0.265. The number of nitrogens with zero attached hydrogens (tertiary/aromatic N) is 1. The van der Waals surface area contributed by atoms with Crippen LogP contribution in [0.5, 0.6) is 0 Å². The zero-order chi connectivity index (χ0) is 11.3. The van der Waals surface area contributed by atoms with E-state index in [0.29, 0.717) is 13.0 Å². The number of primary amides is 1. The second kappa shape index (κ2) is 5.36. The summed E-state index contributed by atoms with van der Waals surface area (Å²) in [5.41, 5.74) is 12.6. The van der Waals surface area contributed by atoms with E-state index in [9.17, 15) is 4.79 Å². The number of amides is 1. The summed E-state index contributed by atoms with van der Waals surface area (Å²) in [5, 5.41) is 0. The molecule has 0 saturated carbocycles. The SMILES string of the molecule is CN(CCC(N)=O)Cc1ccc(N)cc1. The predicted molar refractivity (Wildman–Crippen MR) is 61.0 cm³/mol. The van der Waals surface area contributed by atoms with E-state index in [1.165, 1.54) is 5.56 Å². The van der Waals surface area contributed by atoms with Crippen LogP contribution in [0.1, 0.15) is 12.0 Å². The van der Waals surface area contributed by atoms with Gasteiger partial charge in [-0.05, 0) is 24.7 Å². The molecule has 1 rings (SSSR count). The van der Waals surface area contributed by atoms with Crippen LogP contribution in [0, 0.1) is 0 Å². The Balaban J connectivity index is 2.40. The maximum atomic E-state index is 10.6. The quantitative estimate of drug-likeness (QED) is 0.693. The average molecular weight is 207 g/mol. The summed E-state index contributed by atoms with van der Waals surface area (Å²) >= 11 is 0. The lowest BCUT2D eigenvalue weighted by molar-refractivity contribution is -0.118. The van der Waals surface area contributed by atoms with E-state index in [0.717, 1.165) is 12.2 Å². The van der Waals surface area contributed by atoms with Crippen LogP contribution in [0.4, 0.5) is 5.69 Å². The van der Waals surface area contributed by atoms with E-state index in [2.05, 4.69) is 4.90 Å². The molecule has 0 aliphatic carbocycles. The van der Waals surface area contributed by atoms with Crippen LogP contribution >= 0.6 is 0 Å². The molecule has 82 valence electrons. The van der Waals surface area contributed by atoms with Gasteiger partial charge in [0.25, 0.3) is 0 Å². The second-order valence-electron chi connectivity index (χ2n) is 3.70. The molecule has 0 unspecified atom stereocenters. The number of nitrogen functional groups attached to an aromatic ring is 1. The first kappa shape index (κ1) is 11.5. The third-order valence-electron chi connectivity index (χ3n) is 2.17. The standard InChI is InChI=1S/C11H17N3O/c1-14(7-6-11(13)15)8-9-2-4-10(12)5-3-9/h2-5H,6-8,12H2,1H3,(H2,13,15). The molecule has 0 bridgehead atoms. The van der Waals surface area contributed by atoms with Crippen LogP contribution in [0.2, 0.25) is 0 Å². The average Bonchev–Trinajstić information content (AvgIpc) is 2.19. The minimum Gasteiger partial charge on any atom is -0.399 e. The molecule has 4 heteroatoms.